The molecule has 1 aliphatic heterocycles. The number of carbonyl (C=O) groups excluding carboxylic acids is 1. The number of methoxy groups -OCH3 is 1. The molecular weight excluding hydrogens is 421 g/mol. The molecule has 1 amide bonds. The SMILES string of the molecule is CCOC(=O)NC1=CN(CC=Cc2ccc(Cl)cc2)NC(c2ccc(OC)c(F)c2)=C1. The predicted molar refractivity (Wildman–Crippen MR) is 119 cm³/mol. The van der Waals surface area contributed by atoms with Crippen molar-refractivity contribution in [3.05, 3.63) is 88.5 Å². The fourth-order valence-electron chi connectivity index (χ4n) is 2.89. The molecule has 8 heteroatoms. The lowest BCUT2D eigenvalue weighted by Crippen LogP contribution is -2.37. The highest BCUT2D eigenvalue weighted by atomic mass is 35.5. The Hall–Kier alpha value is -3.45. The summed E-state index contributed by atoms with van der Waals surface area (Å²) in [7, 11) is 1.41. The summed E-state index contributed by atoms with van der Waals surface area (Å²) in [6.07, 6.45) is 6.77. The van der Waals surface area contributed by atoms with Gasteiger partial charge in [-0.2, -0.15) is 0 Å². The number of alkyl carbamates (subject to hydrolysis) is 1. The van der Waals surface area contributed by atoms with E-state index >= 15 is 0 Å². The third-order valence-corrected chi connectivity index (χ3v) is 4.58. The summed E-state index contributed by atoms with van der Waals surface area (Å²) in [5.74, 6) is -0.324. The second kappa shape index (κ2) is 10.5. The van der Waals surface area contributed by atoms with Crippen LogP contribution in [0.5, 0.6) is 5.75 Å². The molecule has 2 N–H and O–H groups in total. The molecule has 0 bridgehead atoms. The number of nitrogens with one attached hydrogen (secondary N) is 2. The number of halogens is 2. The number of carbonyl (C=O) groups is 1. The topological polar surface area (TPSA) is 62.8 Å². The number of benzene rings is 2. The Morgan fingerprint density at radius 2 is 2.03 bits per heavy atom. The van der Waals surface area contributed by atoms with Crippen LogP contribution in [-0.2, 0) is 4.74 Å². The molecule has 6 nitrogen and oxygen atoms in total. The van der Waals surface area contributed by atoms with Gasteiger partial charge in [-0.1, -0.05) is 35.9 Å². The lowest BCUT2D eigenvalue weighted by atomic mass is 10.1. The first-order valence-electron chi connectivity index (χ1n) is 9.65. The van der Waals surface area contributed by atoms with E-state index in [2.05, 4.69) is 10.7 Å². The average Bonchev–Trinajstić information content (AvgIpc) is 2.75. The smallest absolute Gasteiger partial charge is 0.411 e. The summed E-state index contributed by atoms with van der Waals surface area (Å²) in [5, 5.41) is 5.13. The summed E-state index contributed by atoms with van der Waals surface area (Å²) in [4.78, 5) is 11.9. The molecule has 0 saturated heterocycles. The van der Waals surface area contributed by atoms with E-state index in [-0.39, 0.29) is 12.4 Å². The van der Waals surface area contributed by atoms with Crippen LogP contribution in [0, 0.1) is 5.82 Å². The maximum atomic E-state index is 14.2. The number of rotatable bonds is 7. The van der Waals surface area contributed by atoms with Gasteiger partial charge in [-0.25, -0.2) is 9.18 Å². The van der Waals surface area contributed by atoms with Gasteiger partial charge in [-0.15, -0.1) is 0 Å². The Labute approximate surface area is 185 Å². The van der Waals surface area contributed by atoms with Gasteiger partial charge in [0.25, 0.3) is 0 Å². The highest BCUT2D eigenvalue weighted by Gasteiger charge is 2.16. The van der Waals surface area contributed by atoms with Crippen molar-refractivity contribution in [2.75, 3.05) is 20.3 Å². The number of hydrogen-bond acceptors (Lipinski definition) is 5. The molecule has 0 aromatic heterocycles. The highest BCUT2D eigenvalue weighted by molar-refractivity contribution is 6.30. The van der Waals surface area contributed by atoms with Crippen molar-refractivity contribution >= 4 is 29.5 Å². The fourth-order valence-corrected chi connectivity index (χ4v) is 3.02. The van der Waals surface area contributed by atoms with Gasteiger partial charge in [-0.05, 0) is 48.9 Å². The molecule has 3 rings (SSSR count). The van der Waals surface area contributed by atoms with Gasteiger partial charge in [-0.3, -0.25) is 15.8 Å². The number of nitrogens with zero attached hydrogens (tertiary/aromatic N) is 1. The monoisotopic (exact) mass is 443 g/mol. The predicted octanol–water partition coefficient (Wildman–Crippen LogP) is 4.95. The van der Waals surface area contributed by atoms with Crippen molar-refractivity contribution in [1.29, 1.82) is 0 Å². The summed E-state index contributed by atoms with van der Waals surface area (Å²) in [5.41, 5.74) is 5.92. The van der Waals surface area contributed by atoms with Crippen LogP contribution in [0.25, 0.3) is 11.8 Å². The zero-order valence-electron chi connectivity index (χ0n) is 17.2. The summed E-state index contributed by atoms with van der Waals surface area (Å²) in [6, 6.07) is 12.1. The Bertz CT molecular complexity index is 1020. The maximum absolute atomic E-state index is 14.2. The molecule has 31 heavy (non-hydrogen) atoms. The third-order valence-electron chi connectivity index (χ3n) is 4.33. The van der Waals surface area contributed by atoms with E-state index in [0.717, 1.165) is 5.56 Å². The Morgan fingerprint density at radius 1 is 1.26 bits per heavy atom. The van der Waals surface area contributed by atoms with Gasteiger partial charge in [0.15, 0.2) is 11.6 Å². The molecule has 0 unspecified atom stereocenters. The molecule has 0 radical (unpaired) electrons. The summed E-state index contributed by atoms with van der Waals surface area (Å²) in [6.45, 7) is 2.46. The van der Waals surface area contributed by atoms with Gasteiger partial charge >= 0.3 is 6.09 Å². The molecule has 0 aliphatic carbocycles. The van der Waals surface area contributed by atoms with Crippen LogP contribution < -0.4 is 15.5 Å². The minimum atomic E-state index is -0.566. The lowest BCUT2D eigenvalue weighted by Gasteiger charge is -2.28. The molecule has 1 heterocycles. The number of hydrogen-bond donors (Lipinski definition) is 2. The van der Waals surface area contributed by atoms with Crippen molar-refractivity contribution in [3.8, 4) is 5.75 Å². The largest absolute Gasteiger partial charge is 0.494 e. The minimum absolute atomic E-state index is 0.156. The molecular formula is C23H23ClFN3O3. The lowest BCUT2D eigenvalue weighted by molar-refractivity contribution is 0.155. The molecule has 0 atom stereocenters. The third kappa shape index (κ3) is 6.26. The average molecular weight is 444 g/mol. The van der Waals surface area contributed by atoms with E-state index in [1.807, 2.05) is 36.4 Å². The quantitative estimate of drug-likeness (QED) is 0.634. The summed E-state index contributed by atoms with van der Waals surface area (Å²) >= 11 is 5.92. The molecule has 0 saturated carbocycles. The normalized spacial score (nSPS) is 13.4. The molecule has 0 fully saturated rings. The fraction of sp³-hybridized carbons (Fsp3) is 0.174. The highest BCUT2D eigenvalue weighted by Crippen LogP contribution is 2.24. The van der Waals surface area contributed by atoms with Crippen LogP contribution in [0.3, 0.4) is 0 Å². The Morgan fingerprint density at radius 3 is 2.71 bits per heavy atom. The second-order valence-electron chi connectivity index (χ2n) is 6.56. The zero-order chi connectivity index (χ0) is 22.2. The van der Waals surface area contributed by atoms with Crippen LogP contribution >= 0.6 is 11.6 Å². The minimum Gasteiger partial charge on any atom is -0.494 e. The van der Waals surface area contributed by atoms with Gasteiger partial charge < -0.3 is 9.47 Å². The first-order chi connectivity index (χ1) is 15.0. The van der Waals surface area contributed by atoms with E-state index in [9.17, 15) is 9.18 Å². The van der Waals surface area contributed by atoms with Gasteiger partial charge in [0.05, 0.1) is 31.7 Å². The number of amides is 1. The van der Waals surface area contributed by atoms with Crippen molar-refractivity contribution in [3.63, 3.8) is 0 Å². The van der Waals surface area contributed by atoms with E-state index in [1.54, 1.807) is 36.3 Å². The molecule has 2 aromatic rings. The van der Waals surface area contributed by atoms with E-state index < -0.39 is 11.9 Å². The van der Waals surface area contributed by atoms with E-state index in [1.165, 1.54) is 13.2 Å². The standard InChI is InChI=1S/C23H23ClFN3O3/c1-3-31-23(29)26-19-14-21(17-8-11-22(30-2)20(25)13-17)27-28(15-19)12-4-5-16-6-9-18(24)10-7-16/h4-11,13-15,27H,3,12H2,1-2H3,(H,26,29). The van der Waals surface area contributed by atoms with Crippen LogP contribution in [0.4, 0.5) is 9.18 Å². The van der Waals surface area contributed by atoms with Gasteiger partial charge in [0.1, 0.15) is 0 Å². The second-order valence-corrected chi connectivity index (χ2v) is 6.99. The van der Waals surface area contributed by atoms with E-state index in [0.29, 0.717) is 28.5 Å². The van der Waals surface area contributed by atoms with Crippen LogP contribution in [0.1, 0.15) is 18.1 Å². The van der Waals surface area contributed by atoms with E-state index in [4.69, 9.17) is 21.1 Å². The van der Waals surface area contributed by atoms with Gasteiger partial charge in [0.2, 0.25) is 0 Å². The molecule has 2 aromatic carbocycles. The first kappa shape index (κ1) is 22.2. The van der Waals surface area contributed by atoms with Crippen molar-refractivity contribution < 1.29 is 18.7 Å². The molecule has 162 valence electrons. The van der Waals surface area contributed by atoms with Crippen LogP contribution in [0.2, 0.25) is 5.02 Å². The van der Waals surface area contributed by atoms with Crippen molar-refractivity contribution in [2.24, 2.45) is 0 Å². The number of hydrazine groups is 1. The Balaban J connectivity index is 1.79. The maximum Gasteiger partial charge on any atom is 0.411 e. The number of allylic oxidation sites excluding steroid dienone is 1. The van der Waals surface area contributed by atoms with Crippen molar-refractivity contribution in [2.45, 2.75) is 6.92 Å². The zero-order valence-corrected chi connectivity index (χ0v) is 17.9. The van der Waals surface area contributed by atoms with Crippen molar-refractivity contribution in [1.82, 2.24) is 15.8 Å². The Kier molecular flexibility index (Phi) is 7.56. The number of ether oxygens (including phenoxy) is 2. The molecule has 1 aliphatic rings. The molecule has 0 spiro atoms. The van der Waals surface area contributed by atoms with Gasteiger partial charge in [0, 0.05) is 16.8 Å². The van der Waals surface area contributed by atoms with Crippen LogP contribution in [-0.4, -0.2) is 31.4 Å². The van der Waals surface area contributed by atoms with Crippen LogP contribution in [0.15, 0.2) is 66.5 Å². The summed E-state index contributed by atoms with van der Waals surface area (Å²) < 4.78 is 24.2. The first-order valence-corrected chi connectivity index (χ1v) is 10.0.